The van der Waals surface area contributed by atoms with Crippen LogP contribution in [0.5, 0.6) is 0 Å². The molecule has 0 saturated carbocycles. The zero-order chi connectivity index (χ0) is 9.97. The second kappa shape index (κ2) is 3.63. The van der Waals surface area contributed by atoms with E-state index >= 15 is 0 Å². The van der Waals surface area contributed by atoms with E-state index in [9.17, 15) is 9.59 Å². The molecular weight excluding hydrogens is 184 g/mol. The first-order valence-corrected chi connectivity index (χ1v) is 4.33. The van der Waals surface area contributed by atoms with Gasteiger partial charge in [0.2, 0.25) is 5.56 Å². The number of aromatic amines is 1. The van der Waals surface area contributed by atoms with E-state index in [4.69, 9.17) is 4.74 Å². The summed E-state index contributed by atoms with van der Waals surface area (Å²) in [5.41, 5.74) is 0.100. The number of carbonyl (C=O) groups excluding carboxylic acids is 1. The number of H-pyrrole nitrogens is 1. The van der Waals surface area contributed by atoms with E-state index in [-0.39, 0.29) is 17.5 Å². The standard InChI is InChI=1S/C9H10N2O3/c12-8-3-6(1-2-10-8)9(13)11-7-4-14-5-7/h1-3,7H,4-5H2,(H,10,12)(H,11,13). The minimum atomic E-state index is -0.275. The number of nitrogens with one attached hydrogen (secondary N) is 2. The maximum Gasteiger partial charge on any atom is 0.251 e. The molecule has 2 rings (SSSR count). The van der Waals surface area contributed by atoms with Crippen LogP contribution in [0.1, 0.15) is 10.4 Å². The fraction of sp³-hybridized carbons (Fsp3) is 0.333. The molecule has 1 amide bonds. The molecule has 1 aliphatic rings. The van der Waals surface area contributed by atoms with Crippen molar-refractivity contribution >= 4 is 5.91 Å². The molecule has 1 aliphatic heterocycles. The van der Waals surface area contributed by atoms with Crippen molar-refractivity contribution in [2.24, 2.45) is 0 Å². The number of hydrogen-bond acceptors (Lipinski definition) is 3. The highest BCUT2D eigenvalue weighted by Crippen LogP contribution is 2.01. The molecule has 1 aromatic rings. The monoisotopic (exact) mass is 194 g/mol. The Bertz CT molecular complexity index is 395. The molecule has 74 valence electrons. The number of rotatable bonds is 2. The lowest BCUT2D eigenvalue weighted by atomic mass is 10.2. The van der Waals surface area contributed by atoms with Crippen LogP contribution in [0.25, 0.3) is 0 Å². The van der Waals surface area contributed by atoms with Gasteiger partial charge in [-0.15, -0.1) is 0 Å². The van der Waals surface area contributed by atoms with Crippen molar-refractivity contribution in [1.29, 1.82) is 0 Å². The van der Waals surface area contributed by atoms with Crippen molar-refractivity contribution in [3.8, 4) is 0 Å². The number of hydrogen-bond donors (Lipinski definition) is 2. The molecule has 1 fully saturated rings. The van der Waals surface area contributed by atoms with E-state index in [1.165, 1.54) is 12.3 Å². The molecular formula is C9H10N2O3. The van der Waals surface area contributed by atoms with Crippen LogP contribution in [0, 0.1) is 0 Å². The van der Waals surface area contributed by atoms with Gasteiger partial charge in [-0.25, -0.2) is 0 Å². The number of ether oxygens (including phenoxy) is 1. The maximum atomic E-state index is 11.5. The van der Waals surface area contributed by atoms with E-state index in [0.717, 1.165) is 0 Å². The first-order chi connectivity index (χ1) is 6.75. The lowest BCUT2D eigenvalue weighted by Crippen LogP contribution is -2.48. The van der Waals surface area contributed by atoms with Gasteiger partial charge >= 0.3 is 0 Å². The van der Waals surface area contributed by atoms with Gasteiger partial charge in [0.05, 0.1) is 19.3 Å². The van der Waals surface area contributed by atoms with Crippen LogP contribution >= 0.6 is 0 Å². The Balaban J connectivity index is 2.06. The van der Waals surface area contributed by atoms with Crippen molar-refractivity contribution in [1.82, 2.24) is 10.3 Å². The third-order valence-electron chi connectivity index (χ3n) is 2.01. The van der Waals surface area contributed by atoms with Gasteiger partial charge in [-0.3, -0.25) is 9.59 Å². The molecule has 2 heterocycles. The summed E-state index contributed by atoms with van der Waals surface area (Å²) in [4.78, 5) is 24.8. The largest absolute Gasteiger partial charge is 0.377 e. The molecule has 0 spiro atoms. The highest BCUT2D eigenvalue weighted by molar-refractivity contribution is 5.94. The summed E-state index contributed by atoms with van der Waals surface area (Å²) in [6.45, 7) is 1.10. The highest BCUT2D eigenvalue weighted by Gasteiger charge is 2.20. The minimum Gasteiger partial charge on any atom is -0.377 e. The van der Waals surface area contributed by atoms with Crippen molar-refractivity contribution in [3.05, 3.63) is 34.2 Å². The summed E-state index contributed by atoms with van der Waals surface area (Å²) in [5.74, 6) is -0.232. The van der Waals surface area contributed by atoms with Gasteiger partial charge in [-0.1, -0.05) is 0 Å². The molecule has 5 nitrogen and oxygen atoms in total. The number of aromatic nitrogens is 1. The average Bonchev–Trinajstić information content (AvgIpc) is 2.11. The summed E-state index contributed by atoms with van der Waals surface area (Å²) in [6.07, 6.45) is 1.45. The van der Waals surface area contributed by atoms with Crippen LogP contribution in [-0.4, -0.2) is 30.1 Å². The fourth-order valence-electron chi connectivity index (χ4n) is 1.17. The summed E-state index contributed by atoms with van der Waals surface area (Å²) in [6, 6.07) is 2.92. The van der Waals surface area contributed by atoms with Crippen molar-refractivity contribution in [2.45, 2.75) is 6.04 Å². The van der Waals surface area contributed by atoms with Crippen LogP contribution in [0.3, 0.4) is 0 Å². The number of carbonyl (C=O) groups is 1. The van der Waals surface area contributed by atoms with E-state index < -0.39 is 0 Å². The third-order valence-corrected chi connectivity index (χ3v) is 2.01. The molecule has 0 aliphatic carbocycles. The minimum absolute atomic E-state index is 0.0850. The Hall–Kier alpha value is -1.62. The molecule has 0 radical (unpaired) electrons. The van der Waals surface area contributed by atoms with Gasteiger partial charge in [0, 0.05) is 17.8 Å². The molecule has 1 saturated heterocycles. The molecule has 14 heavy (non-hydrogen) atoms. The summed E-state index contributed by atoms with van der Waals surface area (Å²) >= 11 is 0. The summed E-state index contributed by atoms with van der Waals surface area (Å²) in [7, 11) is 0. The Labute approximate surface area is 80.1 Å². The van der Waals surface area contributed by atoms with Gasteiger partial charge < -0.3 is 15.0 Å². The molecule has 1 aromatic heterocycles. The van der Waals surface area contributed by atoms with Crippen LogP contribution in [0.2, 0.25) is 0 Å². The second-order valence-electron chi connectivity index (χ2n) is 3.15. The fourth-order valence-corrected chi connectivity index (χ4v) is 1.17. The van der Waals surface area contributed by atoms with Crippen molar-refractivity contribution in [2.75, 3.05) is 13.2 Å². The van der Waals surface area contributed by atoms with Crippen molar-refractivity contribution < 1.29 is 9.53 Å². The Kier molecular flexibility index (Phi) is 2.32. The molecule has 2 N–H and O–H groups in total. The van der Waals surface area contributed by atoms with Crippen molar-refractivity contribution in [3.63, 3.8) is 0 Å². The van der Waals surface area contributed by atoms with Crippen LogP contribution in [-0.2, 0) is 4.74 Å². The summed E-state index contributed by atoms with van der Waals surface area (Å²) < 4.78 is 4.91. The van der Waals surface area contributed by atoms with Gasteiger partial charge in [0.25, 0.3) is 5.91 Å². The quantitative estimate of drug-likeness (QED) is 0.667. The van der Waals surface area contributed by atoms with E-state index in [1.807, 2.05) is 0 Å². The number of pyridine rings is 1. The Morgan fingerprint density at radius 2 is 2.36 bits per heavy atom. The van der Waals surface area contributed by atoms with Gasteiger partial charge in [0.1, 0.15) is 0 Å². The van der Waals surface area contributed by atoms with Crippen LogP contribution in [0.15, 0.2) is 23.1 Å². The Morgan fingerprint density at radius 1 is 1.57 bits per heavy atom. The van der Waals surface area contributed by atoms with E-state index in [0.29, 0.717) is 18.8 Å². The maximum absolute atomic E-state index is 11.5. The van der Waals surface area contributed by atoms with Gasteiger partial charge in [0.15, 0.2) is 0 Å². The smallest absolute Gasteiger partial charge is 0.251 e. The number of amides is 1. The summed E-state index contributed by atoms with van der Waals surface area (Å²) in [5, 5.41) is 2.74. The highest BCUT2D eigenvalue weighted by atomic mass is 16.5. The van der Waals surface area contributed by atoms with Gasteiger partial charge in [-0.2, -0.15) is 0 Å². The zero-order valence-corrected chi connectivity index (χ0v) is 7.45. The predicted octanol–water partition coefficient (Wildman–Crippen LogP) is -0.497. The first kappa shape index (κ1) is 8.96. The topological polar surface area (TPSA) is 71.2 Å². The van der Waals surface area contributed by atoms with Crippen LogP contribution in [0.4, 0.5) is 0 Å². The second-order valence-corrected chi connectivity index (χ2v) is 3.15. The van der Waals surface area contributed by atoms with E-state index in [1.54, 1.807) is 6.07 Å². The van der Waals surface area contributed by atoms with E-state index in [2.05, 4.69) is 10.3 Å². The SMILES string of the molecule is O=C(NC1COC1)c1cc[nH]c(=O)c1. The normalized spacial score (nSPS) is 16.0. The lowest BCUT2D eigenvalue weighted by molar-refractivity contribution is -0.00346. The third kappa shape index (κ3) is 1.82. The lowest BCUT2D eigenvalue weighted by Gasteiger charge is -2.26. The van der Waals surface area contributed by atoms with Crippen LogP contribution < -0.4 is 10.9 Å². The molecule has 0 aromatic carbocycles. The average molecular weight is 194 g/mol. The molecule has 5 heteroatoms. The first-order valence-electron chi connectivity index (χ1n) is 4.33. The Morgan fingerprint density at radius 3 is 2.93 bits per heavy atom. The molecule has 0 atom stereocenters. The zero-order valence-electron chi connectivity index (χ0n) is 7.45. The predicted molar refractivity (Wildman–Crippen MR) is 49.1 cm³/mol. The molecule has 0 bridgehead atoms. The molecule has 0 unspecified atom stereocenters. The van der Waals surface area contributed by atoms with Gasteiger partial charge in [-0.05, 0) is 6.07 Å².